The smallest absolute Gasteiger partial charge is 0.369 e. The molecule has 0 atom stereocenters. The molecule has 0 bridgehead atoms. The molecular formula is C10H9N3O2S. The number of aromatic nitrogens is 3. The second-order valence-corrected chi connectivity index (χ2v) is 3.83. The van der Waals surface area contributed by atoms with Gasteiger partial charge < -0.3 is 4.74 Å². The minimum Gasteiger partial charge on any atom is -0.461 e. The van der Waals surface area contributed by atoms with E-state index in [9.17, 15) is 4.79 Å². The number of carbonyl (C=O) groups excluding carboxylic acids is 1. The second kappa shape index (κ2) is 4.80. The van der Waals surface area contributed by atoms with Gasteiger partial charge in [0.15, 0.2) is 5.01 Å². The molecule has 0 aliphatic rings. The van der Waals surface area contributed by atoms with Crippen LogP contribution in [0.15, 0.2) is 24.4 Å². The lowest BCUT2D eigenvalue weighted by Crippen LogP contribution is -2.03. The number of esters is 1. The summed E-state index contributed by atoms with van der Waals surface area (Å²) in [5.74, 6) is -0.442. The van der Waals surface area contributed by atoms with Crippen LogP contribution in [0, 0.1) is 0 Å². The fourth-order valence-electron chi connectivity index (χ4n) is 1.09. The molecule has 5 nitrogen and oxygen atoms in total. The molecule has 0 saturated heterocycles. The van der Waals surface area contributed by atoms with E-state index in [1.54, 1.807) is 13.1 Å². The van der Waals surface area contributed by atoms with Gasteiger partial charge >= 0.3 is 5.97 Å². The van der Waals surface area contributed by atoms with Crippen molar-refractivity contribution in [3.8, 4) is 10.7 Å². The Labute approximate surface area is 96.1 Å². The van der Waals surface area contributed by atoms with Crippen molar-refractivity contribution in [1.29, 1.82) is 0 Å². The zero-order valence-electron chi connectivity index (χ0n) is 8.58. The molecule has 0 N–H and O–H groups in total. The van der Waals surface area contributed by atoms with Gasteiger partial charge in [-0.25, -0.2) is 4.79 Å². The van der Waals surface area contributed by atoms with Crippen LogP contribution < -0.4 is 0 Å². The molecule has 82 valence electrons. The van der Waals surface area contributed by atoms with Gasteiger partial charge in [-0.15, -0.1) is 10.2 Å². The molecule has 0 radical (unpaired) electrons. The van der Waals surface area contributed by atoms with Crippen molar-refractivity contribution in [2.45, 2.75) is 6.92 Å². The maximum absolute atomic E-state index is 11.4. The van der Waals surface area contributed by atoms with Crippen LogP contribution in [0.4, 0.5) is 0 Å². The van der Waals surface area contributed by atoms with Gasteiger partial charge in [-0.05, 0) is 19.1 Å². The first kappa shape index (κ1) is 10.7. The highest BCUT2D eigenvalue weighted by molar-refractivity contribution is 7.16. The summed E-state index contributed by atoms with van der Waals surface area (Å²) in [5, 5.41) is 8.53. The largest absolute Gasteiger partial charge is 0.461 e. The van der Waals surface area contributed by atoms with Gasteiger partial charge in [0.25, 0.3) is 0 Å². The molecule has 0 saturated carbocycles. The fraction of sp³-hybridized carbons (Fsp3) is 0.200. The Bertz CT molecular complexity index is 484. The number of carbonyl (C=O) groups is 1. The minimum absolute atomic E-state index is 0.252. The third kappa shape index (κ3) is 2.22. The molecule has 0 fully saturated rings. The molecule has 2 aromatic heterocycles. The van der Waals surface area contributed by atoms with Crippen LogP contribution in [0.3, 0.4) is 0 Å². The first-order valence-electron chi connectivity index (χ1n) is 4.73. The van der Waals surface area contributed by atoms with Crippen LogP contribution in [0.1, 0.15) is 16.7 Å². The van der Waals surface area contributed by atoms with Crippen LogP contribution in [0.25, 0.3) is 10.7 Å². The maximum atomic E-state index is 11.4. The number of pyridine rings is 1. The van der Waals surface area contributed by atoms with Crippen molar-refractivity contribution in [3.63, 3.8) is 0 Å². The number of nitrogens with zero attached hydrogens (tertiary/aromatic N) is 3. The Morgan fingerprint density at radius 3 is 3.00 bits per heavy atom. The molecule has 0 spiro atoms. The number of hydrogen-bond donors (Lipinski definition) is 0. The Morgan fingerprint density at radius 1 is 1.44 bits per heavy atom. The van der Waals surface area contributed by atoms with E-state index in [2.05, 4.69) is 15.2 Å². The predicted octanol–water partition coefficient (Wildman–Crippen LogP) is 1.78. The van der Waals surface area contributed by atoms with Crippen molar-refractivity contribution < 1.29 is 9.53 Å². The predicted molar refractivity (Wildman–Crippen MR) is 59.1 cm³/mol. The normalized spacial score (nSPS) is 10.1. The van der Waals surface area contributed by atoms with E-state index >= 15 is 0 Å². The fourth-order valence-corrected chi connectivity index (χ4v) is 1.81. The molecule has 0 amide bonds. The quantitative estimate of drug-likeness (QED) is 0.759. The summed E-state index contributed by atoms with van der Waals surface area (Å²) in [7, 11) is 0. The Morgan fingerprint density at radius 2 is 2.31 bits per heavy atom. The van der Waals surface area contributed by atoms with E-state index in [1.807, 2.05) is 18.2 Å². The van der Waals surface area contributed by atoms with E-state index in [4.69, 9.17) is 4.74 Å². The van der Waals surface area contributed by atoms with Gasteiger partial charge in [0.05, 0.1) is 6.61 Å². The molecule has 2 rings (SSSR count). The van der Waals surface area contributed by atoms with E-state index < -0.39 is 5.97 Å². The Balaban J connectivity index is 2.23. The van der Waals surface area contributed by atoms with Gasteiger partial charge in [0.2, 0.25) is 5.01 Å². The Hall–Kier alpha value is -1.82. The third-order valence-corrected chi connectivity index (χ3v) is 2.68. The van der Waals surface area contributed by atoms with E-state index in [1.165, 1.54) is 11.3 Å². The highest BCUT2D eigenvalue weighted by Gasteiger charge is 2.14. The van der Waals surface area contributed by atoms with Crippen LogP contribution in [-0.2, 0) is 4.74 Å². The van der Waals surface area contributed by atoms with Gasteiger partial charge in [-0.1, -0.05) is 17.4 Å². The zero-order chi connectivity index (χ0) is 11.4. The lowest BCUT2D eigenvalue weighted by Gasteiger charge is -1.94. The lowest BCUT2D eigenvalue weighted by atomic mass is 10.4. The van der Waals surface area contributed by atoms with Gasteiger partial charge in [0, 0.05) is 6.20 Å². The van der Waals surface area contributed by atoms with Crippen molar-refractivity contribution in [3.05, 3.63) is 29.4 Å². The van der Waals surface area contributed by atoms with Crippen LogP contribution in [-0.4, -0.2) is 27.8 Å². The molecule has 2 aromatic rings. The summed E-state index contributed by atoms with van der Waals surface area (Å²) in [6.07, 6.45) is 1.67. The highest BCUT2D eigenvalue weighted by atomic mass is 32.1. The first-order chi connectivity index (χ1) is 7.81. The standard InChI is InChI=1S/C10H9N3O2S/c1-2-15-10(14)9-13-12-8(16-9)7-5-3-4-6-11-7/h3-6H,2H2,1H3. The first-order valence-corrected chi connectivity index (χ1v) is 5.55. The molecule has 2 heterocycles. The van der Waals surface area contributed by atoms with Gasteiger partial charge in [-0.2, -0.15) is 0 Å². The zero-order valence-corrected chi connectivity index (χ0v) is 9.40. The molecule has 0 aliphatic heterocycles. The van der Waals surface area contributed by atoms with Crippen molar-refractivity contribution >= 4 is 17.3 Å². The van der Waals surface area contributed by atoms with Crippen LogP contribution in [0.2, 0.25) is 0 Å². The van der Waals surface area contributed by atoms with Crippen molar-refractivity contribution in [2.75, 3.05) is 6.61 Å². The maximum Gasteiger partial charge on any atom is 0.369 e. The van der Waals surface area contributed by atoms with Gasteiger partial charge in [0.1, 0.15) is 5.69 Å². The monoisotopic (exact) mass is 235 g/mol. The molecule has 0 unspecified atom stereocenters. The number of hydrogen-bond acceptors (Lipinski definition) is 6. The average Bonchev–Trinajstić information content (AvgIpc) is 2.80. The molecular weight excluding hydrogens is 226 g/mol. The summed E-state index contributed by atoms with van der Waals surface area (Å²) in [5.41, 5.74) is 0.704. The number of ether oxygens (including phenoxy) is 1. The summed E-state index contributed by atoms with van der Waals surface area (Å²) in [6.45, 7) is 2.08. The highest BCUT2D eigenvalue weighted by Crippen LogP contribution is 2.21. The van der Waals surface area contributed by atoms with Crippen LogP contribution in [0.5, 0.6) is 0 Å². The lowest BCUT2D eigenvalue weighted by molar-refractivity contribution is 0.0525. The molecule has 0 aliphatic carbocycles. The van der Waals surface area contributed by atoms with E-state index in [0.29, 0.717) is 17.3 Å². The SMILES string of the molecule is CCOC(=O)c1nnc(-c2ccccn2)s1. The van der Waals surface area contributed by atoms with Crippen molar-refractivity contribution in [1.82, 2.24) is 15.2 Å². The van der Waals surface area contributed by atoms with E-state index in [0.717, 1.165) is 0 Å². The molecule has 6 heteroatoms. The summed E-state index contributed by atoms with van der Waals surface area (Å²) < 4.78 is 4.83. The summed E-state index contributed by atoms with van der Waals surface area (Å²) in [6, 6.07) is 5.49. The average molecular weight is 235 g/mol. The molecule has 16 heavy (non-hydrogen) atoms. The van der Waals surface area contributed by atoms with Gasteiger partial charge in [-0.3, -0.25) is 4.98 Å². The van der Waals surface area contributed by atoms with Crippen molar-refractivity contribution in [2.24, 2.45) is 0 Å². The van der Waals surface area contributed by atoms with Crippen LogP contribution >= 0.6 is 11.3 Å². The minimum atomic E-state index is -0.442. The summed E-state index contributed by atoms with van der Waals surface area (Å²) in [4.78, 5) is 15.5. The Kier molecular flexibility index (Phi) is 3.21. The summed E-state index contributed by atoms with van der Waals surface area (Å²) >= 11 is 1.17. The molecule has 0 aromatic carbocycles. The second-order valence-electron chi connectivity index (χ2n) is 2.85. The number of rotatable bonds is 3. The topological polar surface area (TPSA) is 65.0 Å². The van der Waals surface area contributed by atoms with E-state index in [-0.39, 0.29) is 5.01 Å². The third-order valence-electron chi connectivity index (χ3n) is 1.76.